The van der Waals surface area contributed by atoms with Crippen molar-refractivity contribution in [2.24, 2.45) is 0 Å². The minimum absolute atomic E-state index is 0.363. The van der Waals surface area contributed by atoms with Gasteiger partial charge in [0, 0.05) is 23.5 Å². The summed E-state index contributed by atoms with van der Waals surface area (Å²) in [7, 11) is 1.77. The zero-order chi connectivity index (χ0) is 22.3. The van der Waals surface area contributed by atoms with Gasteiger partial charge >= 0.3 is 0 Å². The number of nitrogens with one attached hydrogen (secondary N) is 1. The quantitative estimate of drug-likeness (QED) is 0.507. The van der Waals surface area contributed by atoms with Crippen LogP contribution in [0.5, 0.6) is 0 Å². The van der Waals surface area contributed by atoms with Crippen molar-refractivity contribution in [3.63, 3.8) is 0 Å². The summed E-state index contributed by atoms with van der Waals surface area (Å²) in [5, 5.41) is 37.1. The van der Waals surface area contributed by atoms with E-state index >= 15 is 0 Å². The SMILES string of the molecule is Cc1ccc(S[C@H]2OC(CO)[C@H](O)C(N3C=C(c4csc(Cl)n4)NN3C)C2O)cc1C. The molecule has 1 aromatic carbocycles. The van der Waals surface area contributed by atoms with Crippen LogP contribution in [0.1, 0.15) is 16.8 Å². The highest BCUT2D eigenvalue weighted by Crippen LogP contribution is 2.37. The third kappa shape index (κ3) is 4.57. The van der Waals surface area contributed by atoms with E-state index in [2.05, 4.69) is 10.4 Å². The van der Waals surface area contributed by atoms with Gasteiger partial charge in [-0.1, -0.05) is 29.4 Å². The van der Waals surface area contributed by atoms with E-state index in [9.17, 15) is 15.3 Å². The van der Waals surface area contributed by atoms with Crippen LogP contribution in [0.2, 0.25) is 4.47 Å². The maximum Gasteiger partial charge on any atom is 0.184 e. The molecular weight excluding hydrogens is 460 g/mol. The Morgan fingerprint density at radius 1 is 1.26 bits per heavy atom. The smallest absolute Gasteiger partial charge is 0.184 e. The lowest BCUT2D eigenvalue weighted by atomic mass is 9.97. The second kappa shape index (κ2) is 9.24. The summed E-state index contributed by atoms with van der Waals surface area (Å²) in [4.78, 5) is 5.21. The van der Waals surface area contributed by atoms with E-state index in [4.69, 9.17) is 16.3 Å². The first-order valence-corrected chi connectivity index (χ1v) is 11.9. The molecule has 168 valence electrons. The normalized spacial score (nSPS) is 29.2. The fraction of sp³-hybridized carbons (Fsp3) is 0.450. The van der Waals surface area contributed by atoms with Crippen molar-refractivity contribution in [3.05, 3.63) is 51.1 Å². The number of hydrogen-bond acceptors (Lipinski definition) is 10. The average molecular weight is 485 g/mol. The molecule has 0 saturated carbocycles. The number of aliphatic hydroxyl groups excluding tert-OH is 3. The van der Waals surface area contributed by atoms with Crippen LogP contribution in [0.15, 0.2) is 34.7 Å². The van der Waals surface area contributed by atoms with Crippen LogP contribution in [-0.2, 0) is 4.74 Å². The lowest BCUT2D eigenvalue weighted by molar-refractivity contribution is -0.208. The zero-order valence-corrected chi connectivity index (χ0v) is 19.7. The van der Waals surface area contributed by atoms with E-state index in [1.807, 2.05) is 37.4 Å². The molecule has 2 aliphatic rings. The average Bonchev–Trinajstić information content (AvgIpc) is 3.33. The number of halogens is 1. The van der Waals surface area contributed by atoms with Gasteiger partial charge in [-0.15, -0.1) is 16.5 Å². The number of nitrogens with zero attached hydrogens (tertiary/aromatic N) is 3. The van der Waals surface area contributed by atoms with Crippen LogP contribution < -0.4 is 5.43 Å². The Kier molecular flexibility index (Phi) is 6.80. The van der Waals surface area contributed by atoms with E-state index in [1.165, 1.54) is 28.7 Å². The van der Waals surface area contributed by atoms with Crippen molar-refractivity contribution in [1.29, 1.82) is 0 Å². The minimum atomic E-state index is -1.12. The monoisotopic (exact) mass is 484 g/mol. The standard InChI is InChI=1S/C20H25ClN4O4S2/c1-10-4-5-12(6-11(10)2)31-19-18(28)16(17(27)15(8-26)29-19)25-7-13(23-24(25)3)14-9-30-20(21)22-14/h4-7,9,15-19,23,26-28H,8H2,1-3H3/t15?,16?,17-,18?,19+/m0/s1. The summed E-state index contributed by atoms with van der Waals surface area (Å²) in [6.07, 6.45) is -1.23. The van der Waals surface area contributed by atoms with Gasteiger partial charge in [0.15, 0.2) is 4.47 Å². The molecule has 31 heavy (non-hydrogen) atoms. The van der Waals surface area contributed by atoms with Crippen LogP contribution in [0.3, 0.4) is 0 Å². The Morgan fingerprint density at radius 3 is 2.68 bits per heavy atom. The molecule has 0 amide bonds. The molecule has 11 heteroatoms. The number of hydrogen-bond donors (Lipinski definition) is 4. The first-order chi connectivity index (χ1) is 14.8. The Hall–Kier alpha value is -1.37. The van der Waals surface area contributed by atoms with Crippen LogP contribution in [-0.4, -0.2) is 73.9 Å². The molecule has 4 N–H and O–H groups in total. The number of ether oxygens (including phenoxy) is 1. The molecule has 2 aromatic rings. The van der Waals surface area contributed by atoms with Crippen molar-refractivity contribution in [2.75, 3.05) is 13.7 Å². The third-order valence-corrected chi connectivity index (χ3v) is 7.65. The van der Waals surface area contributed by atoms with E-state index in [0.29, 0.717) is 15.9 Å². The molecule has 5 atom stereocenters. The van der Waals surface area contributed by atoms with Gasteiger partial charge in [0.1, 0.15) is 35.5 Å². The van der Waals surface area contributed by atoms with Gasteiger partial charge in [-0.3, -0.25) is 10.4 Å². The molecule has 4 rings (SSSR count). The number of aryl methyl sites for hydroxylation is 2. The Bertz CT molecular complexity index is 974. The number of hydrazine groups is 2. The zero-order valence-electron chi connectivity index (χ0n) is 17.3. The van der Waals surface area contributed by atoms with Gasteiger partial charge in [0.05, 0.1) is 12.3 Å². The Labute approximate surface area is 194 Å². The van der Waals surface area contributed by atoms with Gasteiger partial charge in [0.25, 0.3) is 0 Å². The predicted molar refractivity (Wildman–Crippen MR) is 121 cm³/mol. The molecule has 3 unspecified atom stereocenters. The van der Waals surface area contributed by atoms with Crippen molar-refractivity contribution in [2.45, 2.75) is 48.5 Å². The van der Waals surface area contributed by atoms with Crippen LogP contribution in [0.25, 0.3) is 5.70 Å². The van der Waals surface area contributed by atoms with Gasteiger partial charge in [-0.05, 0) is 37.1 Å². The fourth-order valence-corrected chi connectivity index (χ4v) is 5.59. The Balaban J connectivity index is 1.60. The van der Waals surface area contributed by atoms with Crippen molar-refractivity contribution in [1.82, 2.24) is 20.5 Å². The van der Waals surface area contributed by atoms with Crippen LogP contribution >= 0.6 is 34.7 Å². The summed E-state index contributed by atoms with van der Waals surface area (Å²) in [5.41, 5.74) is 6.16. The molecule has 0 spiro atoms. The Morgan fingerprint density at radius 2 is 2.03 bits per heavy atom. The highest BCUT2D eigenvalue weighted by molar-refractivity contribution is 7.99. The summed E-state index contributed by atoms with van der Waals surface area (Å²) < 4.78 is 6.30. The van der Waals surface area contributed by atoms with Gasteiger partial charge in [-0.25, -0.2) is 4.98 Å². The van der Waals surface area contributed by atoms with E-state index in [1.54, 1.807) is 23.4 Å². The van der Waals surface area contributed by atoms with Crippen LogP contribution in [0.4, 0.5) is 0 Å². The number of rotatable bonds is 5. The number of thioether (sulfide) groups is 1. The first kappa shape index (κ1) is 22.8. The second-order valence-corrected chi connectivity index (χ2v) is 10.2. The molecule has 8 nitrogen and oxygen atoms in total. The molecule has 3 heterocycles. The van der Waals surface area contributed by atoms with E-state index in [0.717, 1.165) is 10.5 Å². The number of benzene rings is 1. The minimum Gasteiger partial charge on any atom is -0.394 e. The van der Waals surface area contributed by atoms with Gasteiger partial charge in [0.2, 0.25) is 0 Å². The summed E-state index contributed by atoms with van der Waals surface area (Å²) >= 11 is 8.65. The third-order valence-electron chi connectivity index (χ3n) is 5.53. The lowest BCUT2D eigenvalue weighted by Crippen LogP contribution is -2.65. The molecule has 0 radical (unpaired) electrons. The van der Waals surface area contributed by atoms with E-state index in [-0.39, 0.29) is 6.61 Å². The maximum atomic E-state index is 11.2. The molecule has 1 aromatic heterocycles. The topological polar surface area (TPSA) is 101 Å². The largest absolute Gasteiger partial charge is 0.394 e. The first-order valence-electron chi connectivity index (χ1n) is 9.76. The molecule has 2 aliphatic heterocycles. The maximum absolute atomic E-state index is 11.2. The predicted octanol–water partition coefficient (Wildman–Crippen LogP) is 1.98. The van der Waals surface area contributed by atoms with Crippen molar-refractivity contribution >= 4 is 40.4 Å². The van der Waals surface area contributed by atoms with E-state index < -0.39 is 29.8 Å². The second-order valence-electron chi connectivity index (χ2n) is 7.61. The summed E-state index contributed by atoms with van der Waals surface area (Å²) in [6, 6.07) is 5.29. The molecule has 0 bridgehead atoms. The van der Waals surface area contributed by atoms with Gasteiger partial charge in [-0.2, -0.15) is 0 Å². The van der Waals surface area contributed by atoms with Gasteiger partial charge < -0.3 is 20.1 Å². The lowest BCUT2D eigenvalue weighted by Gasteiger charge is -2.46. The fourth-order valence-electron chi connectivity index (χ4n) is 3.66. The highest BCUT2D eigenvalue weighted by atomic mass is 35.5. The summed E-state index contributed by atoms with van der Waals surface area (Å²) in [5.74, 6) is 0. The highest BCUT2D eigenvalue weighted by Gasteiger charge is 2.49. The number of aromatic nitrogens is 1. The number of thiazole rings is 1. The molecular formula is C20H25ClN4O4S2. The molecule has 0 aliphatic carbocycles. The molecule has 1 saturated heterocycles. The van der Waals surface area contributed by atoms with Crippen molar-refractivity contribution < 1.29 is 20.1 Å². The number of aliphatic hydroxyl groups is 3. The van der Waals surface area contributed by atoms with Crippen molar-refractivity contribution in [3.8, 4) is 0 Å². The van der Waals surface area contributed by atoms with Crippen LogP contribution in [0, 0.1) is 13.8 Å². The molecule has 1 fully saturated rings. The summed E-state index contributed by atoms with van der Waals surface area (Å²) in [6.45, 7) is 3.71.